The third-order valence-electron chi connectivity index (χ3n) is 6.81. The summed E-state index contributed by atoms with van der Waals surface area (Å²) in [7, 11) is 0. The molecule has 0 spiro atoms. The number of aliphatic imine (C=N–C) groups is 1. The topological polar surface area (TPSA) is 105 Å². The van der Waals surface area contributed by atoms with E-state index in [1.165, 1.54) is 23.9 Å². The molecule has 0 aliphatic carbocycles. The molecule has 0 saturated carbocycles. The summed E-state index contributed by atoms with van der Waals surface area (Å²) in [5.41, 5.74) is 5.04. The van der Waals surface area contributed by atoms with Gasteiger partial charge in [0, 0.05) is 17.8 Å². The first-order chi connectivity index (χ1) is 20.9. The Labute approximate surface area is 256 Å². The maximum absolute atomic E-state index is 12.8. The van der Waals surface area contributed by atoms with E-state index in [0.29, 0.717) is 29.6 Å². The van der Waals surface area contributed by atoms with Crippen molar-refractivity contribution in [2.24, 2.45) is 4.99 Å². The number of anilines is 2. The summed E-state index contributed by atoms with van der Waals surface area (Å²) >= 11 is 1.29. The van der Waals surface area contributed by atoms with Gasteiger partial charge in [0.2, 0.25) is 12.3 Å². The number of amidine groups is 1. The minimum absolute atomic E-state index is 0.0850. The summed E-state index contributed by atoms with van der Waals surface area (Å²) in [6, 6.07) is 18.9. The van der Waals surface area contributed by atoms with Crippen molar-refractivity contribution in [1.29, 1.82) is 0 Å². The molecule has 230 valence electrons. The molecule has 1 fully saturated rings. The molecule has 1 saturated heterocycles. The van der Waals surface area contributed by atoms with Gasteiger partial charge in [-0.2, -0.15) is 5.10 Å². The molecule has 0 bridgehead atoms. The number of aromatic nitrogens is 3. The summed E-state index contributed by atoms with van der Waals surface area (Å²) < 4.78 is 42.6. The molecule has 1 aliphatic heterocycles. The number of carbonyl (C=O) groups is 1. The van der Waals surface area contributed by atoms with Crippen molar-refractivity contribution in [3.63, 3.8) is 0 Å². The largest absolute Gasteiger partial charge is 0.573 e. The van der Waals surface area contributed by atoms with E-state index in [9.17, 15) is 23.1 Å². The van der Waals surface area contributed by atoms with Crippen LogP contribution in [0, 0.1) is 6.92 Å². The molecule has 44 heavy (non-hydrogen) atoms. The van der Waals surface area contributed by atoms with Crippen molar-refractivity contribution < 1.29 is 27.8 Å². The van der Waals surface area contributed by atoms with E-state index < -0.39 is 12.7 Å². The van der Waals surface area contributed by atoms with Crippen molar-refractivity contribution in [1.82, 2.24) is 14.8 Å². The molecule has 1 aromatic heterocycles. The molecule has 1 atom stereocenters. The van der Waals surface area contributed by atoms with Crippen molar-refractivity contribution in [3.8, 4) is 17.1 Å². The Morgan fingerprint density at radius 2 is 1.82 bits per heavy atom. The first-order valence-electron chi connectivity index (χ1n) is 13.9. The van der Waals surface area contributed by atoms with Gasteiger partial charge in [-0.25, -0.2) is 9.98 Å². The number of ether oxygens (including phenoxy) is 1. The standard InChI is InChI=1S/C31H31F3N6O3S/c1-19(2)25-13-4-20(3)16-26(25)40-27(41)17-44-30(40)37-29(42)36-23-9-7-22(8-10-23)28-35-18-39(38-28)15-14-21-5-11-24(12-6-21)43-31(32,33)34/h4-13,16,18-19,29,36,42H,14-15,17H2,1-3H3/b37-30-. The Morgan fingerprint density at radius 1 is 1.09 bits per heavy atom. The second-order valence-electron chi connectivity index (χ2n) is 10.5. The van der Waals surface area contributed by atoms with Gasteiger partial charge in [0.15, 0.2) is 11.0 Å². The second-order valence-corrected chi connectivity index (χ2v) is 11.5. The van der Waals surface area contributed by atoms with Crippen LogP contribution in [0.4, 0.5) is 24.5 Å². The summed E-state index contributed by atoms with van der Waals surface area (Å²) in [5, 5.41) is 18.6. The van der Waals surface area contributed by atoms with Crippen LogP contribution in [0.2, 0.25) is 0 Å². The molecule has 9 nitrogen and oxygen atoms in total. The van der Waals surface area contributed by atoms with E-state index in [2.05, 4.69) is 39.0 Å². The first-order valence-corrected chi connectivity index (χ1v) is 14.9. The number of benzene rings is 3. The fourth-order valence-electron chi connectivity index (χ4n) is 4.67. The molecular formula is C31H31F3N6O3S. The molecule has 1 unspecified atom stereocenters. The lowest BCUT2D eigenvalue weighted by molar-refractivity contribution is -0.274. The van der Waals surface area contributed by atoms with E-state index in [0.717, 1.165) is 27.9 Å². The highest BCUT2D eigenvalue weighted by atomic mass is 32.2. The third kappa shape index (κ3) is 7.77. The fraction of sp³-hybridized carbons (Fsp3) is 0.290. The minimum Gasteiger partial charge on any atom is -0.406 e. The highest BCUT2D eigenvalue weighted by Crippen LogP contribution is 2.34. The zero-order valence-corrected chi connectivity index (χ0v) is 25.1. The summed E-state index contributed by atoms with van der Waals surface area (Å²) in [4.78, 5) is 23.2. The van der Waals surface area contributed by atoms with Crippen LogP contribution in [0.1, 0.15) is 36.5 Å². The smallest absolute Gasteiger partial charge is 0.406 e. The van der Waals surface area contributed by atoms with E-state index in [-0.39, 0.29) is 23.3 Å². The van der Waals surface area contributed by atoms with Crippen LogP contribution in [0.15, 0.2) is 78.0 Å². The normalized spacial score (nSPS) is 15.3. The molecular weight excluding hydrogens is 593 g/mol. The Kier molecular flexibility index (Phi) is 9.25. The van der Waals surface area contributed by atoms with Crippen LogP contribution in [0.25, 0.3) is 11.4 Å². The molecule has 0 radical (unpaired) electrons. The van der Waals surface area contributed by atoms with Gasteiger partial charge in [-0.3, -0.25) is 14.4 Å². The predicted molar refractivity (Wildman–Crippen MR) is 165 cm³/mol. The van der Waals surface area contributed by atoms with Gasteiger partial charge >= 0.3 is 6.36 Å². The van der Waals surface area contributed by atoms with Crippen molar-refractivity contribution in [2.45, 2.75) is 52.4 Å². The number of halogens is 3. The number of thioether (sulfide) groups is 1. The van der Waals surface area contributed by atoms with Crippen LogP contribution >= 0.6 is 11.8 Å². The third-order valence-corrected chi connectivity index (χ3v) is 7.75. The maximum atomic E-state index is 12.8. The van der Waals surface area contributed by atoms with Crippen molar-refractivity contribution >= 4 is 34.2 Å². The number of aliphatic hydroxyl groups is 1. The zero-order chi connectivity index (χ0) is 31.4. The summed E-state index contributed by atoms with van der Waals surface area (Å²) in [6.07, 6.45) is -3.87. The van der Waals surface area contributed by atoms with E-state index >= 15 is 0 Å². The van der Waals surface area contributed by atoms with Crippen LogP contribution in [-0.2, 0) is 17.8 Å². The monoisotopic (exact) mass is 624 g/mol. The molecule has 1 amide bonds. The molecule has 13 heteroatoms. The average Bonchev–Trinajstić information content (AvgIpc) is 3.58. The Hall–Kier alpha value is -4.36. The fourth-order valence-corrected chi connectivity index (χ4v) is 5.55. The Bertz CT molecular complexity index is 1640. The van der Waals surface area contributed by atoms with Crippen LogP contribution in [-0.4, -0.2) is 49.4 Å². The number of aryl methyl sites for hydroxylation is 3. The minimum atomic E-state index is -4.72. The Balaban J connectivity index is 1.20. The van der Waals surface area contributed by atoms with Crippen LogP contribution in [0.5, 0.6) is 5.75 Å². The lowest BCUT2D eigenvalue weighted by Crippen LogP contribution is -2.32. The van der Waals surface area contributed by atoms with E-state index in [1.807, 2.05) is 37.3 Å². The zero-order valence-electron chi connectivity index (χ0n) is 24.2. The summed E-state index contributed by atoms with van der Waals surface area (Å²) in [6.45, 7) is 6.60. The SMILES string of the molecule is Cc1ccc(C(C)C)c(N2C(=O)CS/C2=N\C(O)Nc2ccc(-c3ncn(CCc4ccc(OC(F)(F)F)cc4)n3)cc2)c1. The van der Waals surface area contributed by atoms with Gasteiger partial charge in [-0.1, -0.05) is 49.9 Å². The molecule has 1 aliphatic rings. The van der Waals surface area contributed by atoms with Gasteiger partial charge in [0.25, 0.3) is 0 Å². The van der Waals surface area contributed by atoms with Gasteiger partial charge in [-0.15, -0.1) is 13.2 Å². The van der Waals surface area contributed by atoms with E-state index in [4.69, 9.17) is 0 Å². The summed E-state index contributed by atoms with van der Waals surface area (Å²) in [5.74, 6) is 0.601. The van der Waals surface area contributed by atoms with Crippen molar-refractivity contribution in [2.75, 3.05) is 16.0 Å². The number of aliphatic hydroxyl groups excluding tert-OH is 1. The average molecular weight is 625 g/mol. The highest BCUT2D eigenvalue weighted by Gasteiger charge is 2.32. The quantitative estimate of drug-likeness (QED) is 0.198. The Morgan fingerprint density at radius 3 is 2.50 bits per heavy atom. The lowest BCUT2D eigenvalue weighted by Gasteiger charge is -2.23. The molecule has 5 rings (SSSR count). The first kappa shape index (κ1) is 31.1. The number of nitrogens with one attached hydrogen (secondary N) is 1. The number of rotatable bonds is 10. The van der Waals surface area contributed by atoms with Gasteiger partial charge in [-0.05, 0) is 78.4 Å². The van der Waals surface area contributed by atoms with Gasteiger partial charge in [0.05, 0.1) is 11.4 Å². The molecule has 2 N–H and O–H groups in total. The number of amides is 1. The predicted octanol–water partition coefficient (Wildman–Crippen LogP) is 6.34. The number of alkyl halides is 3. The van der Waals surface area contributed by atoms with Crippen LogP contribution < -0.4 is 15.0 Å². The number of hydrogen-bond donors (Lipinski definition) is 2. The number of hydrogen-bond acceptors (Lipinski definition) is 8. The molecule has 4 aromatic rings. The molecule has 3 aromatic carbocycles. The van der Waals surface area contributed by atoms with Crippen molar-refractivity contribution in [3.05, 3.63) is 89.7 Å². The number of carbonyl (C=O) groups excluding carboxylic acids is 1. The second kappa shape index (κ2) is 13.1. The van der Waals surface area contributed by atoms with E-state index in [1.54, 1.807) is 40.2 Å². The van der Waals surface area contributed by atoms with Gasteiger partial charge < -0.3 is 15.2 Å². The maximum Gasteiger partial charge on any atom is 0.573 e. The lowest BCUT2D eigenvalue weighted by atomic mass is 9.99. The van der Waals surface area contributed by atoms with Gasteiger partial charge in [0.1, 0.15) is 12.1 Å². The number of nitrogens with zero attached hydrogens (tertiary/aromatic N) is 5. The van der Waals surface area contributed by atoms with Crippen LogP contribution in [0.3, 0.4) is 0 Å². The molecule has 2 heterocycles. The highest BCUT2D eigenvalue weighted by molar-refractivity contribution is 8.15.